The Balaban J connectivity index is 1.91. The first-order valence-electron chi connectivity index (χ1n) is 7.65. The Morgan fingerprint density at radius 2 is 2.33 bits per heavy atom. The van der Waals surface area contributed by atoms with Crippen LogP contribution in [0.15, 0.2) is 18.2 Å². The lowest BCUT2D eigenvalue weighted by atomic mass is 9.91. The summed E-state index contributed by atoms with van der Waals surface area (Å²) >= 11 is 0. The van der Waals surface area contributed by atoms with Gasteiger partial charge in [0.1, 0.15) is 12.4 Å². The molecule has 2 aliphatic heterocycles. The fourth-order valence-corrected chi connectivity index (χ4v) is 3.06. The number of hydrogen-bond acceptors (Lipinski definition) is 4. The van der Waals surface area contributed by atoms with Crippen molar-refractivity contribution in [3.63, 3.8) is 0 Å². The van der Waals surface area contributed by atoms with Crippen molar-refractivity contribution in [1.82, 2.24) is 10.6 Å². The Morgan fingerprint density at radius 3 is 3.10 bits per heavy atom. The van der Waals surface area contributed by atoms with Gasteiger partial charge in [-0.05, 0) is 30.7 Å². The van der Waals surface area contributed by atoms with Gasteiger partial charge in [0.2, 0.25) is 0 Å². The van der Waals surface area contributed by atoms with Gasteiger partial charge in [-0.25, -0.2) is 0 Å². The molecule has 0 bridgehead atoms. The number of carbonyl (C=O) groups is 1. The van der Waals surface area contributed by atoms with Crippen LogP contribution in [0.3, 0.4) is 0 Å². The number of fused-ring (bicyclic) bond motifs is 1. The summed E-state index contributed by atoms with van der Waals surface area (Å²) < 4.78 is 11.1. The second-order valence-electron chi connectivity index (χ2n) is 5.52. The molecule has 0 aliphatic carbocycles. The van der Waals surface area contributed by atoms with Crippen molar-refractivity contribution in [1.29, 1.82) is 0 Å². The van der Waals surface area contributed by atoms with Crippen LogP contribution in [0.2, 0.25) is 0 Å². The Bertz CT molecular complexity index is 512. The van der Waals surface area contributed by atoms with Crippen molar-refractivity contribution in [3.05, 3.63) is 29.3 Å². The first-order valence-corrected chi connectivity index (χ1v) is 7.65. The maximum absolute atomic E-state index is 12.1. The summed E-state index contributed by atoms with van der Waals surface area (Å²) in [6.07, 6.45) is 1.05. The van der Waals surface area contributed by atoms with Gasteiger partial charge in [0.05, 0.1) is 18.7 Å². The normalized spacial score (nSPS) is 22.9. The first kappa shape index (κ1) is 14.4. The van der Waals surface area contributed by atoms with Crippen molar-refractivity contribution >= 4 is 5.91 Å². The van der Waals surface area contributed by atoms with Crippen LogP contribution in [0.4, 0.5) is 0 Å². The molecule has 2 unspecified atom stereocenters. The molecule has 0 aromatic heterocycles. The molecule has 3 rings (SSSR count). The minimum atomic E-state index is -0.0535. The second kappa shape index (κ2) is 6.45. The van der Waals surface area contributed by atoms with E-state index in [1.807, 2.05) is 12.1 Å². The van der Waals surface area contributed by atoms with E-state index in [1.54, 1.807) is 0 Å². The minimum Gasteiger partial charge on any atom is -0.491 e. The summed E-state index contributed by atoms with van der Waals surface area (Å²) in [5, 5.41) is 6.38. The van der Waals surface area contributed by atoms with E-state index in [0.717, 1.165) is 31.7 Å². The predicted molar refractivity (Wildman–Crippen MR) is 79.6 cm³/mol. The lowest BCUT2D eigenvalue weighted by Crippen LogP contribution is -2.29. The fourth-order valence-electron chi connectivity index (χ4n) is 3.06. The van der Waals surface area contributed by atoms with Crippen LogP contribution in [0.25, 0.3) is 0 Å². The van der Waals surface area contributed by atoms with E-state index in [0.29, 0.717) is 30.4 Å². The van der Waals surface area contributed by atoms with Crippen molar-refractivity contribution in [2.45, 2.75) is 19.4 Å². The number of hydrogen-bond donors (Lipinski definition) is 2. The van der Waals surface area contributed by atoms with Crippen LogP contribution < -0.4 is 15.4 Å². The van der Waals surface area contributed by atoms with Gasteiger partial charge < -0.3 is 20.1 Å². The smallest absolute Gasteiger partial charge is 0.255 e. The third-order valence-electron chi connectivity index (χ3n) is 4.11. The molecule has 1 amide bonds. The molecule has 1 aromatic rings. The molecular formula is C16H22N2O3. The van der Waals surface area contributed by atoms with Crippen LogP contribution in [0, 0.1) is 5.92 Å². The summed E-state index contributed by atoms with van der Waals surface area (Å²) in [6.45, 7) is 5.66. The molecule has 1 aromatic carbocycles. The van der Waals surface area contributed by atoms with Gasteiger partial charge in [0.15, 0.2) is 0 Å². The molecule has 0 spiro atoms. The topological polar surface area (TPSA) is 59.6 Å². The summed E-state index contributed by atoms with van der Waals surface area (Å²) in [4.78, 5) is 12.1. The highest BCUT2D eigenvalue weighted by atomic mass is 16.5. The highest BCUT2D eigenvalue weighted by molar-refractivity contribution is 5.97. The number of carbonyl (C=O) groups excluding carboxylic acids is 1. The fraction of sp³-hybridized carbons (Fsp3) is 0.562. The van der Waals surface area contributed by atoms with Gasteiger partial charge in [0, 0.05) is 18.6 Å². The number of amides is 1. The third-order valence-corrected chi connectivity index (χ3v) is 4.11. The Morgan fingerprint density at radius 1 is 1.43 bits per heavy atom. The van der Waals surface area contributed by atoms with E-state index in [-0.39, 0.29) is 11.9 Å². The quantitative estimate of drug-likeness (QED) is 0.882. The molecule has 1 fully saturated rings. The Kier molecular flexibility index (Phi) is 4.41. The zero-order valence-electron chi connectivity index (χ0n) is 12.4. The molecule has 2 aliphatic rings. The van der Waals surface area contributed by atoms with Gasteiger partial charge >= 0.3 is 0 Å². The minimum absolute atomic E-state index is 0.0535. The van der Waals surface area contributed by atoms with E-state index in [9.17, 15) is 4.79 Å². The van der Waals surface area contributed by atoms with Gasteiger partial charge in [0.25, 0.3) is 5.91 Å². The van der Waals surface area contributed by atoms with E-state index in [2.05, 4.69) is 23.6 Å². The van der Waals surface area contributed by atoms with Crippen molar-refractivity contribution in [2.75, 3.05) is 32.9 Å². The van der Waals surface area contributed by atoms with Gasteiger partial charge in [-0.1, -0.05) is 13.0 Å². The van der Waals surface area contributed by atoms with Crippen molar-refractivity contribution in [3.8, 4) is 5.75 Å². The van der Waals surface area contributed by atoms with E-state index >= 15 is 0 Å². The van der Waals surface area contributed by atoms with Gasteiger partial charge in [-0.2, -0.15) is 0 Å². The Hall–Kier alpha value is -1.59. The largest absolute Gasteiger partial charge is 0.491 e. The predicted octanol–water partition coefficient (Wildman–Crippen LogP) is 1.50. The van der Waals surface area contributed by atoms with Crippen LogP contribution in [-0.2, 0) is 4.74 Å². The first-order chi connectivity index (χ1) is 10.3. The maximum Gasteiger partial charge on any atom is 0.255 e. The summed E-state index contributed by atoms with van der Waals surface area (Å²) in [5.41, 5.74) is 1.76. The van der Waals surface area contributed by atoms with Crippen LogP contribution in [0.5, 0.6) is 5.75 Å². The highest BCUT2D eigenvalue weighted by Gasteiger charge is 2.28. The number of rotatable bonds is 4. The molecule has 2 atom stereocenters. The zero-order chi connectivity index (χ0) is 14.7. The van der Waals surface area contributed by atoms with Gasteiger partial charge in [-0.3, -0.25) is 4.79 Å². The van der Waals surface area contributed by atoms with Gasteiger partial charge in [-0.15, -0.1) is 0 Å². The molecule has 1 saturated heterocycles. The zero-order valence-corrected chi connectivity index (χ0v) is 12.4. The van der Waals surface area contributed by atoms with E-state index < -0.39 is 0 Å². The summed E-state index contributed by atoms with van der Waals surface area (Å²) in [7, 11) is 0. The molecule has 5 heteroatoms. The lowest BCUT2D eigenvalue weighted by Gasteiger charge is -2.24. The lowest BCUT2D eigenvalue weighted by molar-refractivity contribution is 0.0957. The average molecular weight is 290 g/mol. The summed E-state index contributed by atoms with van der Waals surface area (Å²) in [5.74, 6) is 1.08. The maximum atomic E-state index is 12.1. The van der Waals surface area contributed by atoms with E-state index in [4.69, 9.17) is 9.47 Å². The highest BCUT2D eigenvalue weighted by Crippen LogP contribution is 2.32. The molecule has 0 saturated carbocycles. The SMILES string of the molecule is CCNC(c1ccc2c(c1)C(=O)NCCO2)C1CCOC1. The monoisotopic (exact) mass is 290 g/mol. The molecule has 2 N–H and O–H groups in total. The van der Waals surface area contributed by atoms with Crippen molar-refractivity contribution in [2.24, 2.45) is 5.92 Å². The molecule has 0 radical (unpaired) electrons. The second-order valence-corrected chi connectivity index (χ2v) is 5.52. The summed E-state index contributed by atoms with van der Waals surface area (Å²) in [6, 6.07) is 6.15. The number of nitrogens with one attached hydrogen (secondary N) is 2. The Labute approximate surface area is 125 Å². The standard InChI is InChI=1S/C16H22N2O3/c1-2-17-15(12-5-7-20-10-12)11-3-4-14-13(9-11)16(19)18-6-8-21-14/h3-4,9,12,15,17H,2,5-8,10H2,1H3,(H,18,19). The van der Waals surface area contributed by atoms with E-state index in [1.165, 1.54) is 0 Å². The number of ether oxygens (including phenoxy) is 2. The third kappa shape index (κ3) is 3.04. The average Bonchev–Trinajstić information content (AvgIpc) is 2.96. The number of benzene rings is 1. The van der Waals surface area contributed by atoms with Crippen LogP contribution in [-0.4, -0.2) is 38.8 Å². The van der Waals surface area contributed by atoms with Crippen LogP contribution >= 0.6 is 0 Å². The van der Waals surface area contributed by atoms with Crippen LogP contribution in [0.1, 0.15) is 35.3 Å². The molecular weight excluding hydrogens is 268 g/mol. The molecule has 5 nitrogen and oxygen atoms in total. The van der Waals surface area contributed by atoms with Crippen molar-refractivity contribution < 1.29 is 14.3 Å². The molecule has 114 valence electrons. The molecule has 2 heterocycles. The molecule has 21 heavy (non-hydrogen) atoms.